The third kappa shape index (κ3) is 3.80. The van der Waals surface area contributed by atoms with Gasteiger partial charge < -0.3 is 10.2 Å². The molecular formula is C16H24N2O. The van der Waals surface area contributed by atoms with E-state index in [1.807, 2.05) is 11.9 Å². The third-order valence-electron chi connectivity index (χ3n) is 3.83. The maximum Gasteiger partial charge on any atom is 0.239 e. The van der Waals surface area contributed by atoms with Gasteiger partial charge in [0.1, 0.15) is 0 Å². The maximum absolute atomic E-state index is 12.4. The van der Waals surface area contributed by atoms with Gasteiger partial charge in [0, 0.05) is 19.6 Å². The number of hydrogen-bond donors (Lipinski definition) is 1. The predicted molar refractivity (Wildman–Crippen MR) is 77.9 cm³/mol. The van der Waals surface area contributed by atoms with Crippen LogP contribution in [0, 0.1) is 6.92 Å². The Kier molecular flexibility index (Phi) is 4.59. The van der Waals surface area contributed by atoms with Crippen LogP contribution in [-0.2, 0) is 11.3 Å². The van der Waals surface area contributed by atoms with Crippen LogP contribution in [0.1, 0.15) is 37.3 Å². The van der Waals surface area contributed by atoms with Crippen molar-refractivity contribution in [3.8, 4) is 0 Å². The fourth-order valence-electron chi connectivity index (χ4n) is 2.64. The molecule has 0 radical (unpaired) electrons. The highest BCUT2D eigenvalue weighted by Crippen LogP contribution is 2.15. The van der Waals surface area contributed by atoms with E-state index in [0.717, 1.165) is 12.8 Å². The maximum atomic E-state index is 12.4. The molecule has 2 rings (SSSR count). The number of carbonyl (C=O) groups excluding carboxylic acids is 1. The molecule has 3 nitrogen and oxygen atoms in total. The van der Waals surface area contributed by atoms with Crippen LogP contribution in [0.4, 0.5) is 0 Å². The van der Waals surface area contributed by atoms with Gasteiger partial charge in [-0.15, -0.1) is 0 Å². The molecule has 0 aliphatic carbocycles. The first-order chi connectivity index (χ1) is 9.06. The SMILES string of the molecule is Cc1ccc(CN(C)C(=O)C2CCCC(C)N2)cc1. The Bertz CT molecular complexity index is 427. The van der Waals surface area contributed by atoms with Crippen molar-refractivity contribution in [1.29, 1.82) is 0 Å². The topological polar surface area (TPSA) is 32.3 Å². The van der Waals surface area contributed by atoms with Crippen LogP contribution >= 0.6 is 0 Å². The van der Waals surface area contributed by atoms with Crippen molar-refractivity contribution in [2.75, 3.05) is 7.05 Å². The highest BCUT2D eigenvalue weighted by atomic mass is 16.2. The van der Waals surface area contributed by atoms with Crippen LogP contribution in [0.3, 0.4) is 0 Å². The molecule has 1 aromatic rings. The van der Waals surface area contributed by atoms with E-state index in [0.29, 0.717) is 12.6 Å². The van der Waals surface area contributed by atoms with E-state index in [4.69, 9.17) is 0 Å². The van der Waals surface area contributed by atoms with Gasteiger partial charge in [-0.2, -0.15) is 0 Å². The van der Waals surface area contributed by atoms with Gasteiger partial charge in [0.15, 0.2) is 0 Å². The summed E-state index contributed by atoms with van der Waals surface area (Å²) in [5.41, 5.74) is 2.44. The molecule has 0 aromatic heterocycles. The minimum atomic E-state index is -0.000742. The zero-order valence-electron chi connectivity index (χ0n) is 12.1. The quantitative estimate of drug-likeness (QED) is 0.905. The smallest absolute Gasteiger partial charge is 0.239 e. The number of piperidine rings is 1. The van der Waals surface area contributed by atoms with Crippen molar-refractivity contribution in [1.82, 2.24) is 10.2 Å². The van der Waals surface area contributed by atoms with Crippen LogP contribution in [0.25, 0.3) is 0 Å². The first-order valence-electron chi connectivity index (χ1n) is 7.13. The molecule has 0 spiro atoms. The molecule has 1 fully saturated rings. The highest BCUT2D eigenvalue weighted by Gasteiger charge is 2.26. The Labute approximate surface area is 116 Å². The zero-order valence-corrected chi connectivity index (χ0v) is 12.1. The first kappa shape index (κ1) is 14.1. The van der Waals surface area contributed by atoms with Gasteiger partial charge in [0.05, 0.1) is 6.04 Å². The first-order valence-corrected chi connectivity index (χ1v) is 7.13. The number of nitrogens with zero attached hydrogens (tertiary/aromatic N) is 1. The number of aryl methyl sites for hydroxylation is 1. The zero-order chi connectivity index (χ0) is 13.8. The second-order valence-electron chi connectivity index (χ2n) is 5.73. The summed E-state index contributed by atoms with van der Waals surface area (Å²) >= 11 is 0. The summed E-state index contributed by atoms with van der Waals surface area (Å²) in [4.78, 5) is 14.2. The molecule has 19 heavy (non-hydrogen) atoms. The Hall–Kier alpha value is -1.35. The monoisotopic (exact) mass is 260 g/mol. The van der Waals surface area contributed by atoms with Crippen molar-refractivity contribution < 1.29 is 4.79 Å². The average molecular weight is 260 g/mol. The lowest BCUT2D eigenvalue weighted by Gasteiger charge is -2.31. The molecule has 1 amide bonds. The minimum absolute atomic E-state index is 0.000742. The molecule has 2 atom stereocenters. The van der Waals surface area contributed by atoms with Gasteiger partial charge >= 0.3 is 0 Å². The number of likely N-dealkylation sites (N-methyl/N-ethyl adjacent to an activating group) is 1. The molecule has 0 saturated carbocycles. The number of rotatable bonds is 3. The molecule has 1 aromatic carbocycles. The van der Waals surface area contributed by atoms with Crippen molar-refractivity contribution in [3.63, 3.8) is 0 Å². The van der Waals surface area contributed by atoms with Crippen LogP contribution < -0.4 is 5.32 Å². The Morgan fingerprint density at radius 1 is 1.32 bits per heavy atom. The lowest BCUT2D eigenvalue weighted by Crippen LogP contribution is -2.50. The van der Waals surface area contributed by atoms with Gasteiger partial charge in [-0.05, 0) is 38.7 Å². The van der Waals surface area contributed by atoms with Crippen molar-refractivity contribution in [2.24, 2.45) is 0 Å². The van der Waals surface area contributed by atoms with E-state index in [2.05, 4.69) is 43.4 Å². The summed E-state index contributed by atoms with van der Waals surface area (Å²) in [6.45, 7) is 4.91. The standard InChI is InChI=1S/C16H24N2O/c1-12-7-9-14(10-8-12)11-18(3)16(19)15-6-4-5-13(2)17-15/h7-10,13,15,17H,4-6,11H2,1-3H3. The number of nitrogens with one attached hydrogen (secondary N) is 1. The third-order valence-corrected chi connectivity index (χ3v) is 3.83. The summed E-state index contributed by atoms with van der Waals surface area (Å²) in [5.74, 6) is 0.215. The predicted octanol–water partition coefficient (Wildman–Crippen LogP) is 2.48. The average Bonchev–Trinajstić information content (AvgIpc) is 2.40. The summed E-state index contributed by atoms with van der Waals surface area (Å²) in [7, 11) is 1.89. The van der Waals surface area contributed by atoms with Crippen LogP contribution in [0.15, 0.2) is 24.3 Å². The van der Waals surface area contributed by atoms with Gasteiger partial charge in [-0.3, -0.25) is 4.79 Å². The second kappa shape index (κ2) is 6.20. The lowest BCUT2D eigenvalue weighted by molar-refractivity contribution is -0.133. The number of carbonyl (C=O) groups is 1. The lowest BCUT2D eigenvalue weighted by atomic mass is 9.98. The summed E-state index contributed by atoms with van der Waals surface area (Å²) in [5, 5.41) is 3.40. The van der Waals surface area contributed by atoms with E-state index in [9.17, 15) is 4.79 Å². The van der Waals surface area contributed by atoms with Crippen LogP contribution in [0.2, 0.25) is 0 Å². The second-order valence-corrected chi connectivity index (χ2v) is 5.73. The molecule has 0 bridgehead atoms. The molecule has 1 aliphatic rings. The Morgan fingerprint density at radius 2 is 2.00 bits per heavy atom. The van der Waals surface area contributed by atoms with Crippen LogP contribution in [0.5, 0.6) is 0 Å². The van der Waals surface area contributed by atoms with Crippen LogP contribution in [-0.4, -0.2) is 29.9 Å². The van der Waals surface area contributed by atoms with Crippen molar-refractivity contribution >= 4 is 5.91 Å². The van der Waals surface area contributed by atoms with E-state index in [1.165, 1.54) is 17.5 Å². The molecule has 2 unspecified atom stereocenters. The molecule has 1 N–H and O–H groups in total. The largest absolute Gasteiger partial charge is 0.340 e. The molecule has 1 saturated heterocycles. The minimum Gasteiger partial charge on any atom is -0.340 e. The normalized spacial score (nSPS) is 23.1. The van der Waals surface area contributed by atoms with Gasteiger partial charge in [0.2, 0.25) is 5.91 Å². The Morgan fingerprint density at radius 3 is 2.63 bits per heavy atom. The van der Waals surface area contributed by atoms with E-state index in [-0.39, 0.29) is 11.9 Å². The molecular weight excluding hydrogens is 236 g/mol. The number of hydrogen-bond acceptors (Lipinski definition) is 2. The van der Waals surface area contributed by atoms with Gasteiger partial charge in [-0.1, -0.05) is 29.8 Å². The molecule has 1 heterocycles. The molecule has 104 valence electrons. The fourth-order valence-corrected chi connectivity index (χ4v) is 2.64. The summed E-state index contributed by atoms with van der Waals surface area (Å²) in [6.07, 6.45) is 3.27. The summed E-state index contributed by atoms with van der Waals surface area (Å²) in [6, 6.07) is 8.82. The number of benzene rings is 1. The van der Waals surface area contributed by atoms with E-state index >= 15 is 0 Å². The number of amides is 1. The van der Waals surface area contributed by atoms with E-state index in [1.54, 1.807) is 0 Å². The Balaban J connectivity index is 1.93. The molecule has 3 heteroatoms. The van der Waals surface area contributed by atoms with Crippen molar-refractivity contribution in [2.45, 2.75) is 51.7 Å². The van der Waals surface area contributed by atoms with Gasteiger partial charge in [-0.25, -0.2) is 0 Å². The summed E-state index contributed by atoms with van der Waals surface area (Å²) < 4.78 is 0. The highest BCUT2D eigenvalue weighted by molar-refractivity contribution is 5.81. The fraction of sp³-hybridized carbons (Fsp3) is 0.562. The van der Waals surface area contributed by atoms with Gasteiger partial charge in [0.25, 0.3) is 0 Å². The van der Waals surface area contributed by atoms with Crippen molar-refractivity contribution in [3.05, 3.63) is 35.4 Å². The van der Waals surface area contributed by atoms with E-state index < -0.39 is 0 Å². The molecule has 1 aliphatic heterocycles.